The Morgan fingerprint density at radius 1 is 1.14 bits per heavy atom. The van der Waals surface area contributed by atoms with Gasteiger partial charge in [0.2, 0.25) is 0 Å². The Balaban J connectivity index is 0.00000225. The lowest BCUT2D eigenvalue weighted by atomic mass is 10.0. The van der Waals surface area contributed by atoms with Gasteiger partial charge in [0.15, 0.2) is 0 Å². The molecule has 0 saturated carbocycles. The molecule has 2 aromatic carbocycles. The van der Waals surface area contributed by atoms with Crippen LogP contribution < -0.4 is 10.6 Å². The van der Waals surface area contributed by atoms with Gasteiger partial charge in [-0.1, -0.05) is 30.3 Å². The molecule has 2 N–H and O–H groups in total. The highest BCUT2D eigenvalue weighted by Crippen LogP contribution is 2.26. The van der Waals surface area contributed by atoms with Gasteiger partial charge in [-0.2, -0.15) is 5.10 Å². The Bertz CT molecular complexity index is 964. The molecule has 0 aliphatic carbocycles. The van der Waals surface area contributed by atoms with Gasteiger partial charge >= 0.3 is 0 Å². The van der Waals surface area contributed by atoms with Gasteiger partial charge in [0.25, 0.3) is 5.91 Å². The highest BCUT2D eigenvalue weighted by atomic mass is 35.5. The first kappa shape index (κ1) is 20.1. The normalized spacial score (nSPS) is 13.5. The molecule has 0 radical (unpaired) electrons. The molecule has 146 valence electrons. The second kappa shape index (κ2) is 8.59. The first-order valence-corrected chi connectivity index (χ1v) is 9.33. The number of halogens is 1. The number of carbonyl (C=O) groups excluding carboxylic acids is 1. The molecule has 4 rings (SSSR count). The van der Waals surface area contributed by atoms with E-state index < -0.39 is 0 Å². The lowest BCUT2D eigenvalue weighted by Crippen LogP contribution is -2.48. The van der Waals surface area contributed by atoms with Gasteiger partial charge in [-0.05, 0) is 43.2 Å². The number of aryl methyl sites for hydroxylation is 2. The molecule has 0 unspecified atom stereocenters. The predicted octanol–water partition coefficient (Wildman–Crippen LogP) is 3.53. The SMILES string of the molecule is Cc1ccc(-c2nn(-c3ccccc3)cc2C(=O)NCC2CNC2)cc1C.Cl. The Labute approximate surface area is 171 Å². The number of hydrogen-bond acceptors (Lipinski definition) is 3. The zero-order chi connectivity index (χ0) is 18.8. The van der Waals surface area contributed by atoms with Crippen molar-refractivity contribution in [2.75, 3.05) is 19.6 Å². The minimum atomic E-state index is -0.0719. The number of amides is 1. The Kier molecular flexibility index (Phi) is 6.17. The Hall–Kier alpha value is -2.63. The second-order valence-electron chi connectivity index (χ2n) is 7.20. The number of carbonyl (C=O) groups is 1. The van der Waals surface area contributed by atoms with E-state index in [0.29, 0.717) is 23.7 Å². The van der Waals surface area contributed by atoms with Crippen LogP contribution in [-0.4, -0.2) is 35.3 Å². The van der Waals surface area contributed by atoms with Crippen LogP contribution >= 0.6 is 12.4 Å². The van der Waals surface area contributed by atoms with E-state index in [9.17, 15) is 4.79 Å². The molecule has 5 nitrogen and oxygen atoms in total. The van der Waals surface area contributed by atoms with E-state index in [1.807, 2.05) is 42.6 Å². The van der Waals surface area contributed by atoms with E-state index in [1.54, 1.807) is 4.68 Å². The first-order chi connectivity index (χ1) is 13.1. The summed E-state index contributed by atoms with van der Waals surface area (Å²) >= 11 is 0. The summed E-state index contributed by atoms with van der Waals surface area (Å²) in [7, 11) is 0. The number of benzene rings is 2. The van der Waals surface area contributed by atoms with Crippen molar-refractivity contribution in [3.05, 3.63) is 71.4 Å². The van der Waals surface area contributed by atoms with Crippen molar-refractivity contribution in [3.8, 4) is 16.9 Å². The van der Waals surface area contributed by atoms with Crippen LogP contribution in [0.1, 0.15) is 21.5 Å². The highest BCUT2D eigenvalue weighted by molar-refractivity contribution is 6.00. The van der Waals surface area contributed by atoms with E-state index in [1.165, 1.54) is 11.1 Å². The number of rotatable bonds is 5. The average molecular weight is 397 g/mol. The van der Waals surface area contributed by atoms with Gasteiger partial charge in [0, 0.05) is 37.3 Å². The fourth-order valence-corrected chi connectivity index (χ4v) is 3.18. The van der Waals surface area contributed by atoms with Crippen molar-refractivity contribution < 1.29 is 4.79 Å². The smallest absolute Gasteiger partial charge is 0.255 e. The van der Waals surface area contributed by atoms with Gasteiger partial charge in [-0.3, -0.25) is 4.79 Å². The van der Waals surface area contributed by atoms with E-state index in [4.69, 9.17) is 5.10 Å². The monoisotopic (exact) mass is 396 g/mol. The van der Waals surface area contributed by atoms with Crippen molar-refractivity contribution in [3.63, 3.8) is 0 Å². The molecule has 1 saturated heterocycles. The fourth-order valence-electron chi connectivity index (χ4n) is 3.18. The summed E-state index contributed by atoms with van der Waals surface area (Å²) in [5.41, 5.74) is 5.63. The number of aromatic nitrogens is 2. The first-order valence-electron chi connectivity index (χ1n) is 9.33. The third-order valence-electron chi connectivity index (χ3n) is 5.18. The number of hydrogen-bond donors (Lipinski definition) is 2. The lowest BCUT2D eigenvalue weighted by molar-refractivity contribution is 0.0943. The van der Waals surface area contributed by atoms with Crippen LogP contribution in [0.2, 0.25) is 0 Å². The van der Waals surface area contributed by atoms with Gasteiger partial charge in [0.1, 0.15) is 5.69 Å². The van der Waals surface area contributed by atoms with Crippen LogP contribution in [0.3, 0.4) is 0 Å². The summed E-state index contributed by atoms with van der Waals surface area (Å²) in [5.74, 6) is 0.445. The predicted molar refractivity (Wildman–Crippen MR) is 114 cm³/mol. The highest BCUT2D eigenvalue weighted by Gasteiger charge is 2.22. The molecule has 1 fully saturated rings. The third kappa shape index (κ3) is 4.11. The quantitative estimate of drug-likeness (QED) is 0.693. The van der Waals surface area contributed by atoms with Crippen molar-refractivity contribution in [2.24, 2.45) is 5.92 Å². The maximum absolute atomic E-state index is 12.9. The maximum atomic E-state index is 12.9. The van der Waals surface area contributed by atoms with Crippen LogP contribution in [0.4, 0.5) is 0 Å². The Morgan fingerprint density at radius 2 is 1.89 bits per heavy atom. The molecule has 1 aromatic heterocycles. The largest absolute Gasteiger partial charge is 0.352 e. The summed E-state index contributed by atoms with van der Waals surface area (Å²) in [6.45, 7) is 6.79. The summed E-state index contributed by atoms with van der Waals surface area (Å²) in [4.78, 5) is 12.9. The van der Waals surface area contributed by atoms with E-state index in [2.05, 4.69) is 36.6 Å². The van der Waals surface area contributed by atoms with Crippen LogP contribution in [-0.2, 0) is 0 Å². The average Bonchev–Trinajstić information content (AvgIpc) is 3.09. The van der Waals surface area contributed by atoms with Gasteiger partial charge in [-0.15, -0.1) is 12.4 Å². The fraction of sp³-hybridized carbons (Fsp3) is 0.273. The zero-order valence-electron chi connectivity index (χ0n) is 16.1. The van der Waals surface area contributed by atoms with Gasteiger partial charge < -0.3 is 10.6 Å². The van der Waals surface area contributed by atoms with E-state index >= 15 is 0 Å². The molecule has 0 atom stereocenters. The van der Waals surface area contributed by atoms with Crippen LogP contribution in [0.5, 0.6) is 0 Å². The molecule has 28 heavy (non-hydrogen) atoms. The van der Waals surface area contributed by atoms with Crippen molar-refractivity contribution in [1.82, 2.24) is 20.4 Å². The van der Waals surface area contributed by atoms with Crippen molar-refractivity contribution in [1.29, 1.82) is 0 Å². The maximum Gasteiger partial charge on any atom is 0.255 e. The zero-order valence-corrected chi connectivity index (χ0v) is 16.9. The molecule has 1 aliphatic heterocycles. The molecule has 1 amide bonds. The summed E-state index contributed by atoms with van der Waals surface area (Å²) < 4.78 is 1.78. The molecule has 1 aliphatic rings. The van der Waals surface area contributed by atoms with Gasteiger partial charge in [0.05, 0.1) is 11.3 Å². The standard InChI is InChI=1S/C22H24N4O.ClH/c1-15-8-9-18(10-16(15)2)21-20(22(27)24-13-17-11-23-12-17)14-26(25-21)19-6-4-3-5-7-19;/h3-10,14,17,23H,11-13H2,1-2H3,(H,24,27);1H. The van der Waals surface area contributed by atoms with Crippen molar-refractivity contribution in [2.45, 2.75) is 13.8 Å². The third-order valence-corrected chi connectivity index (χ3v) is 5.18. The molecule has 0 bridgehead atoms. The summed E-state index contributed by atoms with van der Waals surface area (Å²) in [6, 6.07) is 16.1. The molecule has 6 heteroatoms. The minimum Gasteiger partial charge on any atom is -0.352 e. The van der Waals surface area contributed by atoms with Crippen LogP contribution in [0, 0.1) is 19.8 Å². The van der Waals surface area contributed by atoms with Crippen LogP contribution in [0.15, 0.2) is 54.7 Å². The summed E-state index contributed by atoms with van der Waals surface area (Å²) in [5, 5.41) is 11.0. The van der Waals surface area contributed by atoms with Crippen LogP contribution in [0.25, 0.3) is 16.9 Å². The lowest BCUT2D eigenvalue weighted by Gasteiger charge is -2.27. The summed E-state index contributed by atoms with van der Waals surface area (Å²) in [6.07, 6.45) is 1.83. The molecule has 0 spiro atoms. The number of para-hydroxylation sites is 1. The van der Waals surface area contributed by atoms with E-state index in [-0.39, 0.29) is 18.3 Å². The molecular formula is C22H25ClN4O. The van der Waals surface area contributed by atoms with Gasteiger partial charge in [-0.25, -0.2) is 4.68 Å². The minimum absolute atomic E-state index is 0. The number of nitrogens with zero attached hydrogens (tertiary/aromatic N) is 2. The molecule has 3 aromatic rings. The Morgan fingerprint density at radius 3 is 2.54 bits per heavy atom. The molecule has 2 heterocycles. The van der Waals surface area contributed by atoms with E-state index in [0.717, 1.165) is 24.3 Å². The second-order valence-corrected chi connectivity index (χ2v) is 7.20. The molecular weight excluding hydrogens is 372 g/mol. The number of nitrogens with one attached hydrogen (secondary N) is 2. The van der Waals surface area contributed by atoms with Crippen molar-refractivity contribution >= 4 is 18.3 Å². The topological polar surface area (TPSA) is 59.0 Å².